The molecule has 0 aliphatic carbocycles. The standard InChI is InChI=1S/C11H27NO3Si/c1-12(2)7-5-3-4-6-8-16(9-13,10-14)11-15/h13-15H,3-11H2,1-2H3. The van der Waals surface area contributed by atoms with Crippen molar-refractivity contribution in [1.82, 2.24) is 4.90 Å². The first-order valence-corrected chi connectivity index (χ1v) is 8.90. The molecule has 0 saturated carbocycles. The number of hydrogen-bond donors (Lipinski definition) is 3. The molecule has 5 heteroatoms. The zero-order valence-electron chi connectivity index (χ0n) is 10.7. The van der Waals surface area contributed by atoms with Crippen LogP contribution in [0.3, 0.4) is 0 Å². The van der Waals surface area contributed by atoms with Crippen LogP contribution < -0.4 is 0 Å². The van der Waals surface area contributed by atoms with Gasteiger partial charge in [0.25, 0.3) is 0 Å². The fourth-order valence-electron chi connectivity index (χ4n) is 1.67. The highest BCUT2D eigenvalue weighted by Gasteiger charge is 2.30. The quantitative estimate of drug-likeness (QED) is 0.381. The monoisotopic (exact) mass is 249 g/mol. The number of hydrogen-bond acceptors (Lipinski definition) is 4. The maximum atomic E-state index is 9.19. The van der Waals surface area contributed by atoms with E-state index in [0.29, 0.717) is 0 Å². The largest absolute Gasteiger partial charge is 0.399 e. The van der Waals surface area contributed by atoms with Gasteiger partial charge in [-0.15, -0.1) is 0 Å². The molecule has 0 aromatic rings. The van der Waals surface area contributed by atoms with Gasteiger partial charge in [-0.05, 0) is 27.1 Å². The van der Waals surface area contributed by atoms with Crippen molar-refractivity contribution in [3.05, 3.63) is 0 Å². The zero-order valence-corrected chi connectivity index (χ0v) is 11.7. The predicted molar refractivity (Wildman–Crippen MR) is 68.8 cm³/mol. The van der Waals surface area contributed by atoms with E-state index in [1.54, 1.807) is 0 Å². The van der Waals surface area contributed by atoms with E-state index in [2.05, 4.69) is 19.0 Å². The van der Waals surface area contributed by atoms with Gasteiger partial charge in [-0.25, -0.2) is 0 Å². The first kappa shape index (κ1) is 16.1. The Morgan fingerprint density at radius 1 is 0.812 bits per heavy atom. The van der Waals surface area contributed by atoms with Crippen LogP contribution in [0.5, 0.6) is 0 Å². The maximum absolute atomic E-state index is 9.19. The maximum Gasteiger partial charge on any atom is 0.139 e. The van der Waals surface area contributed by atoms with Gasteiger partial charge in [-0.3, -0.25) is 0 Å². The minimum Gasteiger partial charge on any atom is -0.399 e. The van der Waals surface area contributed by atoms with Crippen molar-refractivity contribution >= 4 is 8.07 Å². The van der Waals surface area contributed by atoms with Crippen LogP contribution in [0.15, 0.2) is 0 Å². The Bertz CT molecular complexity index is 155. The van der Waals surface area contributed by atoms with Crippen molar-refractivity contribution < 1.29 is 15.3 Å². The van der Waals surface area contributed by atoms with E-state index in [1.807, 2.05) is 0 Å². The molecule has 0 aromatic carbocycles. The molecule has 0 spiro atoms. The Morgan fingerprint density at radius 2 is 1.31 bits per heavy atom. The van der Waals surface area contributed by atoms with Gasteiger partial charge in [0.2, 0.25) is 0 Å². The smallest absolute Gasteiger partial charge is 0.139 e. The Morgan fingerprint density at radius 3 is 1.75 bits per heavy atom. The average Bonchev–Trinajstić information content (AvgIpc) is 2.29. The van der Waals surface area contributed by atoms with Crippen LogP contribution in [0.2, 0.25) is 6.04 Å². The van der Waals surface area contributed by atoms with Gasteiger partial charge >= 0.3 is 0 Å². The number of nitrogens with zero attached hydrogens (tertiary/aromatic N) is 1. The van der Waals surface area contributed by atoms with E-state index in [-0.39, 0.29) is 18.7 Å². The third-order valence-corrected chi connectivity index (χ3v) is 6.50. The molecular weight excluding hydrogens is 222 g/mol. The third-order valence-electron chi connectivity index (χ3n) is 3.07. The predicted octanol–water partition coefficient (Wildman–Crippen LogP) is 0.152. The molecule has 0 aromatic heterocycles. The number of aliphatic hydroxyl groups excluding tert-OH is 3. The number of aliphatic hydroxyl groups is 3. The van der Waals surface area contributed by atoms with E-state index < -0.39 is 8.07 Å². The molecule has 0 fully saturated rings. The summed E-state index contributed by atoms with van der Waals surface area (Å²) in [5, 5.41) is 27.6. The van der Waals surface area contributed by atoms with Gasteiger partial charge in [0.1, 0.15) is 8.07 Å². The fraction of sp³-hybridized carbons (Fsp3) is 1.00. The molecule has 0 heterocycles. The topological polar surface area (TPSA) is 63.9 Å². The molecule has 0 amide bonds. The summed E-state index contributed by atoms with van der Waals surface area (Å²) in [5.41, 5.74) is 0. The molecule has 98 valence electrons. The lowest BCUT2D eigenvalue weighted by atomic mass is 10.2. The summed E-state index contributed by atoms with van der Waals surface area (Å²) in [4.78, 5) is 2.17. The summed E-state index contributed by atoms with van der Waals surface area (Å²) in [5.74, 6) is 0. The van der Waals surface area contributed by atoms with Crippen molar-refractivity contribution in [3.63, 3.8) is 0 Å². The van der Waals surface area contributed by atoms with E-state index in [4.69, 9.17) is 0 Å². The first-order chi connectivity index (χ1) is 7.60. The molecule has 0 saturated heterocycles. The van der Waals surface area contributed by atoms with Gasteiger partial charge < -0.3 is 20.2 Å². The average molecular weight is 249 g/mol. The van der Waals surface area contributed by atoms with Crippen LogP contribution in [-0.4, -0.2) is 67.6 Å². The molecule has 0 bridgehead atoms. The van der Waals surface area contributed by atoms with Crippen LogP contribution in [0, 0.1) is 0 Å². The van der Waals surface area contributed by atoms with Gasteiger partial charge in [-0.1, -0.05) is 25.3 Å². The molecule has 4 nitrogen and oxygen atoms in total. The van der Waals surface area contributed by atoms with Gasteiger partial charge in [0, 0.05) is 18.7 Å². The van der Waals surface area contributed by atoms with Crippen molar-refractivity contribution in [2.75, 3.05) is 39.3 Å². The number of rotatable bonds is 10. The minimum absolute atomic E-state index is 0.00228. The SMILES string of the molecule is CN(C)CCCCCC[Si](CO)(CO)CO. The lowest BCUT2D eigenvalue weighted by Gasteiger charge is -2.24. The highest BCUT2D eigenvalue weighted by Crippen LogP contribution is 2.14. The Kier molecular flexibility index (Phi) is 9.16. The second-order valence-electron chi connectivity index (χ2n) is 4.94. The van der Waals surface area contributed by atoms with Gasteiger partial charge in [-0.2, -0.15) is 0 Å². The second-order valence-corrected chi connectivity index (χ2v) is 9.39. The van der Waals surface area contributed by atoms with E-state index in [0.717, 1.165) is 25.4 Å². The van der Waals surface area contributed by atoms with Crippen LogP contribution in [0.25, 0.3) is 0 Å². The summed E-state index contributed by atoms with van der Waals surface area (Å²) >= 11 is 0. The molecule has 0 aliphatic heterocycles. The molecular formula is C11H27NO3Si. The summed E-state index contributed by atoms with van der Waals surface area (Å²) < 4.78 is 0. The van der Waals surface area contributed by atoms with Crippen LogP contribution >= 0.6 is 0 Å². The van der Waals surface area contributed by atoms with Gasteiger partial charge in [0.15, 0.2) is 0 Å². The van der Waals surface area contributed by atoms with Crippen molar-refractivity contribution in [2.24, 2.45) is 0 Å². The summed E-state index contributed by atoms with van der Waals surface area (Å²) in [6.07, 6.45) is 4.51. The van der Waals surface area contributed by atoms with Crippen LogP contribution in [0.1, 0.15) is 25.7 Å². The molecule has 3 N–H and O–H groups in total. The summed E-state index contributed by atoms with van der Waals surface area (Å²) in [6.45, 7) is 1.11. The lowest BCUT2D eigenvalue weighted by molar-refractivity contribution is 0.286. The first-order valence-electron chi connectivity index (χ1n) is 6.07. The zero-order chi connectivity index (χ0) is 12.4. The minimum atomic E-state index is -2.14. The Hall–Kier alpha value is 0.0569. The Labute approximate surface area is 99.9 Å². The molecule has 0 aliphatic rings. The van der Waals surface area contributed by atoms with Crippen molar-refractivity contribution in [2.45, 2.75) is 31.7 Å². The van der Waals surface area contributed by atoms with E-state index in [1.165, 1.54) is 12.8 Å². The highest BCUT2D eigenvalue weighted by atomic mass is 28.3. The normalized spacial score (nSPS) is 12.4. The second kappa shape index (κ2) is 9.12. The summed E-state index contributed by atoms with van der Waals surface area (Å²) in [6, 6.07) is 0.832. The molecule has 16 heavy (non-hydrogen) atoms. The third kappa shape index (κ3) is 6.60. The van der Waals surface area contributed by atoms with Crippen molar-refractivity contribution in [3.8, 4) is 0 Å². The van der Waals surface area contributed by atoms with E-state index in [9.17, 15) is 15.3 Å². The van der Waals surface area contributed by atoms with Gasteiger partial charge in [0.05, 0.1) is 0 Å². The lowest BCUT2D eigenvalue weighted by Crippen LogP contribution is -2.48. The molecule has 0 atom stereocenters. The Balaban J connectivity index is 3.55. The van der Waals surface area contributed by atoms with Crippen molar-refractivity contribution in [1.29, 1.82) is 0 Å². The van der Waals surface area contributed by atoms with Crippen LogP contribution in [0.4, 0.5) is 0 Å². The fourth-order valence-corrected chi connectivity index (χ4v) is 3.44. The number of unbranched alkanes of at least 4 members (excludes halogenated alkanes) is 3. The summed E-state index contributed by atoms with van der Waals surface area (Å²) in [7, 11) is 2.00. The molecule has 0 unspecified atom stereocenters. The van der Waals surface area contributed by atoms with Crippen LogP contribution in [-0.2, 0) is 0 Å². The molecule has 0 radical (unpaired) electrons. The highest BCUT2D eigenvalue weighted by molar-refractivity contribution is 6.79. The molecule has 0 rings (SSSR count). The van der Waals surface area contributed by atoms with E-state index >= 15 is 0 Å².